The molecular formula is C26H22N2O3. The zero-order chi connectivity index (χ0) is 21.0. The molecule has 154 valence electrons. The summed E-state index contributed by atoms with van der Waals surface area (Å²) in [6.45, 7) is 0.807. The molecule has 0 spiro atoms. The molecule has 1 amide bonds. The number of hydrogen-bond donors (Lipinski definition) is 2. The Morgan fingerprint density at radius 3 is 2.35 bits per heavy atom. The number of carbonyl (C=O) groups is 1. The van der Waals surface area contributed by atoms with Crippen molar-refractivity contribution in [2.45, 2.75) is 6.17 Å². The summed E-state index contributed by atoms with van der Waals surface area (Å²) < 4.78 is 11.9. The van der Waals surface area contributed by atoms with Gasteiger partial charge in [0.15, 0.2) is 0 Å². The highest BCUT2D eigenvalue weighted by molar-refractivity contribution is 6.02. The number of hydrogen-bond acceptors (Lipinski definition) is 4. The summed E-state index contributed by atoms with van der Waals surface area (Å²) in [5.41, 5.74) is 2.35. The Hall–Kier alpha value is -3.99. The van der Waals surface area contributed by atoms with Crippen molar-refractivity contribution in [1.29, 1.82) is 0 Å². The molecule has 0 bridgehead atoms. The third-order valence-corrected chi connectivity index (χ3v) is 5.32. The number of amides is 1. The van der Waals surface area contributed by atoms with E-state index in [2.05, 4.69) is 16.7 Å². The van der Waals surface area contributed by atoms with Crippen LogP contribution in [0.1, 0.15) is 22.1 Å². The first-order valence-corrected chi connectivity index (χ1v) is 10.3. The molecule has 2 N–H and O–H groups in total. The minimum Gasteiger partial charge on any atom is -0.490 e. The van der Waals surface area contributed by atoms with Crippen molar-refractivity contribution in [2.75, 3.05) is 18.5 Å². The zero-order valence-electron chi connectivity index (χ0n) is 16.9. The van der Waals surface area contributed by atoms with Gasteiger partial charge in [0.25, 0.3) is 5.91 Å². The summed E-state index contributed by atoms with van der Waals surface area (Å²) in [6.07, 6.45) is -0.404. The Bertz CT molecular complexity index is 1220. The summed E-state index contributed by atoms with van der Waals surface area (Å²) in [5, 5.41) is 8.64. The van der Waals surface area contributed by atoms with Crippen LogP contribution in [0.15, 0.2) is 91.0 Å². The van der Waals surface area contributed by atoms with Crippen molar-refractivity contribution in [2.24, 2.45) is 0 Å². The number of anilines is 1. The fourth-order valence-electron chi connectivity index (χ4n) is 3.88. The van der Waals surface area contributed by atoms with Gasteiger partial charge in [-0.15, -0.1) is 0 Å². The van der Waals surface area contributed by atoms with Crippen LogP contribution >= 0.6 is 0 Å². The highest BCUT2D eigenvalue weighted by Gasteiger charge is 2.27. The predicted octanol–water partition coefficient (Wildman–Crippen LogP) is 5.15. The summed E-state index contributed by atoms with van der Waals surface area (Å²) in [6, 6.07) is 29.3. The van der Waals surface area contributed by atoms with Gasteiger partial charge in [0.2, 0.25) is 0 Å². The van der Waals surface area contributed by atoms with Crippen LogP contribution in [0.2, 0.25) is 0 Å². The van der Waals surface area contributed by atoms with Gasteiger partial charge >= 0.3 is 0 Å². The second-order valence-electron chi connectivity index (χ2n) is 7.30. The number of nitrogens with one attached hydrogen (secondary N) is 2. The monoisotopic (exact) mass is 410 g/mol. The summed E-state index contributed by atoms with van der Waals surface area (Å²) in [7, 11) is 0. The van der Waals surface area contributed by atoms with E-state index in [1.807, 2.05) is 84.9 Å². The van der Waals surface area contributed by atoms with Crippen LogP contribution in [0.3, 0.4) is 0 Å². The van der Waals surface area contributed by atoms with Gasteiger partial charge in [-0.3, -0.25) is 4.79 Å². The normalized spacial score (nSPS) is 15.0. The standard InChI is InChI=1S/C26H22N2O3/c29-26-21-12-6-7-13-22(21)27-25(28-26)24-20-11-5-4-8-18(20)14-15-23(24)31-17-16-30-19-9-2-1-3-10-19/h1-15,25,27H,16-17H2,(H,28,29). The largest absolute Gasteiger partial charge is 0.490 e. The van der Waals surface area contributed by atoms with E-state index in [1.54, 1.807) is 0 Å². The average Bonchev–Trinajstić information content (AvgIpc) is 2.82. The SMILES string of the molecule is O=C1NC(c2c(OCCOc3ccccc3)ccc3ccccc23)Nc2ccccc21. The Kier molecular flexibility index (Phi) is 5.15. The lowest BCUT2D eigenvalue weighted by molar-refractivity contribution is 0.0935. The summed E-state index contributed by atoms with van der Waals surface area (Å²) in [5.74, 6) is 1.42. The first kappa shape index (κ1) is 19.0. The Morgan fingerprint density at radius 1 is 0.710 bits per heavy atom. The summed E-state index contributed by atoms with van der Waals surface area (Å²) >= 11 is 0. The maximum Gasteiger partial charge on any atom is 0.255 e. The van der Waals surface area contributed by atoms with Gasteiger partial charge in [0.05, 0.1) is 5.56 Å². The molecule has 4 aromatic rings. The highest BCUT2D eigenvalue weighted by atomic mass is 16.5. The molecule has 0 fully saturated rings. The van der Waals surface area contributed by atoms with Gasteiger partial charge in [-0.2, -0.15) is 0 Å². The smallest absolute Gasteiger partial charge is 0.255 e. The molecule has 0 radical (unpaired) electrons. The van der Waals surface area contributed by atoms with Gasteiger partial charge in [0.1, 0.15) is 30.9 Å². The van der Waals surface area contributed by atoms with Crippen LogP contribution in [0.5, 0.6) is 11.5 Å². The number of fused-ring (bicyclic) bond motifs is 2. The third-order valence-electron chi connectivity index (χ3n) is 5.32. The maximum absolute atomic E-state index is 12.7. The fraction of sp³-hybridized carbons (Fsp3) is 0.115. The molecule has 0 saturated carbocycles. The van der Waals surface area contributed by atoms with Gasteiger partial charge < -0.3 is 20.1 Å². The number of rotatable bonds is 6. The molecular weight excluding hydrogens is 388 g/mol. The molecule has 1 unspecified atom stereocenters. The number of ether oxygens (including phenoxy) is 2. The van der Waals surface area contributed by atoms with Crippen LogP contribution in [-0.2, 0) is 0 Å². The molecule has 0 aromatic heterocycles. The highest BCUT2D eigenvalue weighted by Crippen LogP contribution is 2.36. The van der Waals surface area contributed by atoms with E-state index in [9.17, 15) is 4.79 Å². The first-order chi connectivity index (χ1) is 15.3. The van der Waals surface area contributed by atoms with Gasteiger partial charge in [-0.1, -0.05) is 60.7 Å². The molecule has 1 heterocycles. The van der Waals surface area contributed by atoms with Crippen molar-refractivity contribution in [3.8, 4) is 11.5 Å². The molecule has 1 aliphatic heterocycles. The molecule has 0 saturated heterocycles. The van der Waals surface area contributed by atoms with Gasteiger partial charge in [0, 0.05) is 11.3 Å². The first-order valence-electron chi connectivity index (χ1n) is 10.3. The second-order valence-corrected chi connectivity index (χ2v) is 7.30. The zero-order valence-corrected chi connectivity index (χ0v) is 16.9. The molecule has 5 nitrogen and oxygen atoms in total. The van der Waals surface area contributed by atoms with Crippen LogP contribution in [0.25, 0.3) is 10.8 Å². The topological polar surface area (TPSA) is 59.6 Å². The second kappa shape index (κ2) is 8.40. The number of carbonyl (C=O) groups excluding carboxylic acids is 1. The van der Waals surface area contributed by atoms with Crippen molar-refractivity contribution >= 4 is 22.4 Å². The van der Waals surface area contributed by atoms with E-state index in [4.69, 9.17) is 9.47 Å². The molecule has 1 aliphatic rings. The van der Waals surface area contributed by atoms with E-state index in [0.29, 0.717) is 24.5 Å². The van der Waals surface area contributed by atoms with E-state index in [1.165, 1.54) is 0 Å². The van der Waals surface area contributed by atoms with Gasteiger partial charge in [-0.25, -0.2) is 0 Å². The van der Waals surface area contributed by atoms with Crippen molar-refractivity contribution < 1.29 is 14.3 Å². The lowest BCUT2D eigenvalue weighted by Crippen LogP contribution is -2.38. The Balaban J connectivity index is 1.43. The molecule has 0 aliphatic carbocycles. The molecule has 31 heavy (non-hydrogen) atoms. The van der Waals surface area contributed by atoms with Crippen molar-refractivity contribution in [1.82, 2.24) is 5.32 Å². The Labute approximate surface area is 180 Å². The maximum atomic E-state index is 12.7. The molecule has 1 atom stereocenters. The number of benzene rings is 4. The Morgan fingerprint density at radius 2 is 1.45 bits per heavy atom. The lowest BCUT2D eigenvalue weighted by Gasteiger charge is -2.30. The third kappa shape index (κ3) is 3.90. The van der Waals surface area contributed by atoms with E-state index in [0.717, 1.165) is 27.8 Å². The quantitative estimate of drug-likeness (QED) is 0.432. The van der Waals surface area contributed by atoms with E-state index < -0.39 is 6.17 Å². The van der Waals surface area contributed by atoms with Crippen LogP contribution in [-0.4, -0.2) is 19.1 Å². The molecule has 5 rings (SSSR count). The lowest BCUT2D eigenvalue weighted by atomic mass is 9.99. The predicted molar refractivity (Wildman–Crippen MR) is 122 cm³/mol. The molecule has 5 heteroatoms. The molecule has 4 aromatic carbocycles. The van der Waals surface area contributed by atoms with Crippen LogP contribution < -0.4 is 20.1 Å². The minimum atomic E-state index is -0.404. The summed E-state index contributed by atoms with van der Waals surface area (Å²) in [4.78, 5) is 12.7. The minimum absolute atomic E-state index is 0.106. The van der Waals surface area contributed by atoms with Crippen LogP contribution in [0, 0.1) is 0 Å². The average molecular weight is 410 g/mol. The van der Waals surface area contributed by atoms with E-state index >= 15 is 0 Å². The van der Waals surface area contributed by atoms with Crippen molar-refractivity contribution in [3.05, 3.63) is 102 Å². The van der Waals surface area contributed by atoms with Crippen LogP contribution in [0.4, 0.5) is 5.69 Å². The fourth-order valence-corrected chi connectivity index (χ4v) is 3.88. The van der Waals surface area contributed by atoms with E-state index in [-0.39, 0.29) is 5.91 Å². The van der Waals surface area contributed by atoms with Crippen molar-refractivity contribution in [3.63, 3.8) is 0 Å². The number of para-hydroxylation sites is 2. The van der Waals surface area contributed by atoms with Gasteiger partial charge in [-0.05, 0) is 41.1 Å².